The molecule has 7 nitrogen and oxygen atoms in total. The number of carbonyl (C=O) groups excluding carboxylic acids is 1. The third kappa shape index (κ3) is 6.15. The van der Waals surface area contributed by atoms with Crippen molar-refractivity contribution in [2.45, 2.75) is 104 Å². The minimum Gasteiger partial charge on any atom is -0.444 e. The fourth-order valence-electron chi connectivity index (χ4n) is 4.19. The van der Waals surface area contributed by atoms with Crippen molar-refractivity contribution < 1.29 is 9.53 Å². The average molecular weight is 444 g/mol. The lowest BCUT2D eigenvalue weighted by Gasteiger charge is -2.31. The number of nitrogens with zero attached hydrogens (tertiary/aromatic N) is 2. The molecule has 1 aliphatic carbocycles. The van der Waals surface area contributed by atoms with Gasteiger partial charge in [0, 0.05) is 24.7 Å². The fourth-order valence-corrected chi connectivity index (χ4v) is 4.19. The zero-order valence-electron chi connectivity index (χ0n) is 20.8. The van der Waals surface area contributed by atoms with Gasteiger partial charge < -0.3 is 25.7 Å². The standard InChI is InChI=1S/C25H41N5O2/c1-16(24(2,3)4)27-15-17-8-13-21-20(14-17)29-22(26)30(21)19-11-9-18(10-12-19)28-23(31)32-25(5,6)7/h8,13-14,16,18-19,27H,9-12,15H2,1-7H3,(H2,26,29)(H,28,31)/t16-,18-,19+/m0/s1. The number of hydrogen-bond acceptors (Lipinski definition) is 5. The van der Waals surface area contributed by atoms with Crippen molar-refractivity contribution in [3.05, 3.63) is 23.8 Å². The molecule has 0 saturated heterocycles. The van der Waals surface area contributed by atoms with Crippen LogP contribution in [0.15, 0.2) is 18.2 Å². The highest BCUT2D eigenvalue weighted by atomic mass is 16.6. The highest BCUT2D eigenvalue weighted by Gasteiger charge is 2.27. The molecule has 0 unspecified atom stereocenters. The number of carbonyl (C=O) groups is 1. The van der Waals surface area contributed by atoms with Gasteiger partial charge in [0.25, 0.3) is 0 Å². The third-order valence-electron chi connectivity index (χ3n) is 6.48. The molecule has 178 valence electrons. The quantitative estimate of drug-likeness (QED) is 0.594. The van der Waals surface area contributed by atoms with Gasteiger partial charge in [-0.3, -0.25) is 0 Å². The van der Waals surface area contributed by atoms with Gasteiger partial charge in [-0.2, -0.15) is 0 Å². The van der Waals surface area contributed by atoms with Crippen LogP contribution in [0.25, 0.3) is 11.0 Å². The largest absolute Gasteiger partial charge is 0.444 e. The molecule has 3 rings (SSSR count). The van der Waals surface area contributed by atoms with Crippen molar-refractivity contribution >= 4 is 23.1 Å². The number of imidazole rings is 1. The monoisotopic (exact) mass is 443 g/mol. The summed E-state index contributed by atoms with van der Waals surface area (Å²) >= 11 is 0. The smallest absolute Gasteiger partial charge is 0.407 e. The number of aromatic nitrogens is 2. The number of hydrogen-bond donors (Lipinski definition) is 3. The first-order chi connectivity index (χ1) is 14.8. The SMILES string of the molecule is C[C@H](NCc1ccc2c(c1)nc(N)n2[C@H]1CC[C@@H](NC(=O)OC(C)(C)C)CC1)C(C)(C)C. The zero-order chi connectivity index (χ0) is 23.7. The molecular weight excluding hydrogens is 402 g/mol. The number of nitrogen functional groups attached to an aromatic ring is 1. The van der Waals surface area contributed by atoms with Crippen LogP contribution >= 0.6 is 0 Å². The number of nitrogens with one attached hydrogen (secondary N) is 2. The number of alkyl carbamates (subject to hydrolysis) is 1. The lowest BCUT2D eigenvalue weighted by molar-refractivity contribution is 0.0488. The molecule has 0 radical (unpaired) electrons. The molecule has 1 saturated carbocycles. The van der Waals surface area contributed by atoms with Crippen LogP contribution in [-0.4, -0.2) is 33.3 Å². The van der Waals surface area contributed by atoms with Crippen LogP contribution in [0.4, 0.5) is 10.7 Å². The van der Waals surface area contributed by atoms with Gasteiger partial charge in [0.15, 0.2) is 0 Å². The van der Waals surface area contributed by atoms with E-state index in [9.17, 15) is 4.79 Å². The van der Waals surface area contributed by atoms with Crippen LogP contribution in [0.3, 0.4) is 0 Å². The van der Waals surface area contributed by atoms with Gasteiger partial charge in [0.2, 0.25) is 5.95 Å². The summed E-state index contributed by atoms with van der Waals surface area (Å²) in [6, 6.07) is 7.28. The summed E-state index contributed by atoms with van der Waals surface area (Å²) in [7, 11) is 0. The van der Waals surface area contributed by atoms with E-state index in [1.807, 2.05) is 20.8 Å². The van der Waals surface area contributed by atoms with Crippen LogP contribution in [-0.2, 0) is 11.3 Å². The first-order valence-electron chi connectivity index (χ1n) is 11.8. The highest BCUT2D eigenvalue weighted by Crippen LogP contribution is 2.34. The van der Waals surface area contributed by atoms with Gasteiger partial charge in [0.1, 0.15) is 5.60 Å². The van der Waals surface area contributed by atoms with Crippen LogP contribution < -0.4 is 16.4 Å². The average Bonchev–Trinajstić information content (AvgIpc) is 2.99. The van der Waals surface area contributed by atoms with Gasteiger partial charge in [-0.05, 0) is 76.5 Å². The second-order valence-electron chi connectivity index (χ2n) is 11.3. The lowest BCUT2D eigenvalue weighted by Crippen LogP contribution is -2.41. The summed E-state index contributed by atoms with van der Waals surface area (Å²) in [6.07, 6.45) is 3.35. The third-order valence-corrected chi connectivity index (χ3v) is 6.48. The predicted octanol–water partition coefficient (Wildman–Crippen LogP) is 5.15. The minimum atomic E-state index is -0.482. The molecule has 0 bridgehead atoms. The Morgan fingerprint density at radius 1 is 1.19 bits per heavy atom. The Morgan fingerprint density at radius 3 is 2.44 bits per heavy atom. The summed E-state index contributed by atoms with van der Waals surface area (Å²) in [6.45, 7) is 15.4. The van der Waals surface area contributed by atoms with Crippen molar-refractivity contribution in [2.24, 2.45) is 5.41 Å². The highest BCUT2D eigenvalue weighted by molar-refractivity contribution is 5.79. The molecule has 7 heteroatoms. The molecule has 1 amide bonds. The molecule has 2 aromatic rings. The van der Waals surface area contributed by atoms with Crippen LogP contribution in [0.1, 0.15) is 85.8 Å². The van der Waals surface area contributed by atoms with Crippen LogP contribution in [0.5, 0.6) is 0 Å². The molecular formula is C25H41N5O2. The number of fused-ring (bicyclic) bond motifs is 1. The van der Waals surface area contributed by atoms with Crippen molar-refractivity contribution in [2.75, 3.05) is 5.73 Å². The summed E-state index contributed by atoms with van der Waals surface area (Å²) in [5, 5.41) is 6.62. The Bertz CT molecular complexity index is 930. The molecule has 32 heavy (non-hydrogen) atoms. The molecule has 1 heterocycles. The van der Waals surface area contributed by atoms with Gasteiger partial charge in [0.05, 0.1) is 11.0 Å². The van der Waals surface area contributed by atoms with Crippen molar-refractivity contribution in [1.82, 2.24) is 20.2 Å². The molecule has 1 aliphatic rings. The van der Waals surface area contributed by atoms with E-state index in [1.165, 1.54) is 5.56 Å². The van der Waals surface area contributed by atoms with E-state index in [-0.39, 0.29) is 17.6 Å². The van der Waals surface area contributed by atoms with E-state index in [0.29, 0.717) is 18.0 Å². The normalized spacial score (nSPS) is 20.8. The molecule has 4 N–H and O–H groups in total. The first kappa shape index (κ1) is 24.4. The minimum absolute atomic E-state index is 0.139. The number of amides is 1. The van der Waals surface area contributed by atoms with E-state index in [0.717, 1.165) is 43.3 Å². The van der Waals surface area contributed by atoms with Crippen molar-refractivity contribution in [3.63, 3.8) is 0 Å². The Morgan fingerprint density at radius 2 is 1.84 bits per heavy atom. The summed E-state index contributed by atoms with van der Waals surface area (Å²) in [5.74, 6) is 0.566. The molecule has 1 fully saturated rings. The molecule has 1 aromatic carbocycles. The first-order valence-corrected chi connectivity index (χ1v) is 11.8. The lowest BCUT2D eigenvalue weighted by atomic mass is 9.88. The molecule has 0 aliphatic heterocycles. The number of rotatable bonds is 5. The molecule has 1 aromatic heterocycles. The number of ether oxygens (including phenoxy) is 1. The summed E-state index contributed by atoms with van der Waals surface area (Å²) < 4.78 is 7.56. The fraction of sp³-hybridized carbons (Fsp3) is 0.680. The van der Waals surface area contributed by atoms with Crippen LogP contribution in [0, 0.1) is 5.41 Å². The van der Waals surface area contributed by atoms with Gasteiger partial charge in [-0.1, -0.05) is 26.8 Å². The maximum atomic E-state index is 12.1. The van der Waals surface area contributed by atoms with Gasteiger partial charge in [-0.25, -0.2) is 9.78 Å². The van der Waals surface area contributed by atoms with E-state index in [4.69, 9.17) is 10.5 Å². The second-order valence-corrected chi connectivity index (χ2v) is 11.3. The number of benzene rings is 1. The van der Waals surface area contributed by atoms with E-state index in [2.05, 4.69) is 66.1 Å². The maximum Gasteiger partial charge on any atom is 0.407 e. The van der Waals surface area contributed by atoms with Crippen molar-refractivity contribution in [1.29, 1.82) is 0 Å². The Kier molecular flexibility index (Phi) is 7.08. The summed E-state index contributed by atoms with van der Waals surface area (Å²) in [5.41, 5.74) is 9.32. The van der Waals surface area contributed by atoms with Crippen molar-refractivity contribution in [3.8, 4) is 0 Å². The zero-order valence-corrected chi connectivity index (χ0v) is 20.8. The van der Waals surface area contributed by atoms with E-state index < -0.39 is 5.60 Å². The van der Waals surface area contributed by atoms with E-state index in [1.54, 1.807) is 0 Å². The van der Waals surface area contributed by atoms with E-state index >= 15 is 0 Å². The van der Waals surface area contributed by atoms with Gasteiger partial charge in [-0.15, -0.1) is 0 Å². The van der Waals surface area contributed by atoms with Gasteiger partial charge >= 0.3 is 6.09 Å². The number of anilines is 1. The summed E-state index contributed by atoms with van der Waals surface area (Å²) in [4.78, 5) is 16.7. The predicted molar refractivity (Wildman–Crippen MR) is 131 cm³/mol. The number of nitrogens with two attached hydrogens (primary N) is 1. The Labute approximate surface area is 192 Å². The second kappa shape index (κ2) is 9.30. The topological polar surface area (TPSA) is 94.2 Å². The Balaban J connectivity index is 1.63. The van der Waals surface area contributed by atoms with Crippen LogP contribution in [0.2, 0.25) is 0 Å². The Hall–Kier alpha value is -2.28. The molecule has 1 atom stereocenters. The molecule has 0 spiro atoms. The maximum absolute atomic E-state index is 12.1.